The average Bonchev–Trinajstić information content (AvgIpc) is 2.84. The molecule has 1 aromatic heterocycles. The summed E-state index contributed by atoms with van der Waals surface area (Å²) in [6, 6.07) is 18.2. The smallest absolute Gasteiger partial charge is 0.221 e. The van der Waals surface area contributed by atoms with Crippen molar-refractivity contribution in [1.29, 1.82) is 0 Å². The van der Waals surface area contributed by atoms with Gasteiger partial charge in [0.1, 0.15) is 0 Å². The van der Waals surface area contributed by atoms with Crippen LogP contribution in [0.2, 0.25) is 0 Å². The summed E-state index contributed by atoms with van der Waals surface area (Å²) in [6.45, 7) is 4.13. The number of nitrogens with one attached hydrogen (secondary N) is 1. The van der Waals surface area contributed by atoms with Crippen molar-refractivity contribution in [3.8, 4) is 0 Å². The number of para-hydroxylation sites is 2. The molecule has 0 bridgehead atoms. The van der Waals surface area contributed by atoms with Gasteiger partial charge in [0.25, 0.3) is 0 Å². The fourth-order valence-corrected chi connectivity index (χ4v) is 3.53. The van der Waals surface area contributed by atoms with Gasteiger partial charge < -0.3 is 5.32 Å². The van der Waals surface area contributed by atoms with Crippen LogP contribution in [0, 0.1) is 6.92 Å². The van der Waals surface area contributed by atoms with Gasteiger partial charge in [-0.25, -0.2) is 9.97 Å². The highest BCUT2D eigenvalue weighted by Crippen LogP contribution is 2.27. The monoisotopic (exact) mass is 346 g/mol. The molecule has 5 nitrogen and oxygen atoms in total. The molecule has 1 aliphatic heterocycles. The maximum atomic E-state index is 12.1. The van der Waals surface area contributed by atoms with Crippen LogP contribution < -0.4 is 5.32 Å². The van der Waals surface area contributed by atoms with Crippen LogP contribution in [0.4, 0.5) is 0 Å². The number of aryl methyl sites for hydroxylation is 1. The molecular formula is C21H22N4O. The second-order valence-corrected chi connectivity index (χ2v) is 6.70. The van der Waals surface area contributed by atoms with E-state index in [-0.39, 0.29) is 11.9 Å². The molecular weight excluding hydrogens is 324 g/mol. The zero-order valence-electron chi connectivity index (χ0n) is 14.9. The number of hydrogen-bond acceptors (Lipinski definition) is 4. The summed E-state index contributed by atoms with van der Waals surface area (Å²) in [5.74, 6) is 0.0997. The first kappa shape index (κ1) is 16.7. The Hall–Kier alpha value is -2.79. The molecule has 2 aromatic carbocycles. The Morgan fingerprint density at radius 1 is 1.04 bits per heavy atom. The molecule has 2 heterocycles. The van der Waals surface area contributed by atoms with Crippen molar-refractivity contribution >= 4 is 16.9 Å². The fraction of sp³-hybridized carbons (Fsp3) is 0.286. The number of amides is 1. The minimum atomic E-state index is 0.0476. The summed E-state index contributed by atoms with van der Waals surface area (Å²) in [5, 5.41) is 2.99. The number of hydrogen-bond donors (Lipinski definition) is 1. The molecule has 0 spiro atoms. The maximum Gasteiger partial charge on any atom is 0.221 e. The second kappa shape index (κ2) is 7.22. The van der Waals surface area contributed by atoms with Crippen molar-refractivity contribution in [2.45, 2.75) is 25.9 Å². The van der Waals surface area contributed by atoms with Crippen LogP contribution in [0.5, 0.6) is 0 Å². The summed E-state index contributed by atoms with van der Waals surface area (Å²) < 4.78 is 0. The normalized spacial score (nSPS) is 18.5. The lowest BCUT2D eigenvalue weighted by molar-refractivity contribution is -0.121. The van der Waals surface area contributed by atoms with Crippen LogP contribution in [0.25, 0.3) is 11.0 Å². The predicted molar refractivity (Wildman–Crippen MR) is 101 cm³/mol. The topological polar surface area (TPSA) is 58.1 Å². The van der Waals surface area contributed by atoms with Crippen LogP contribution in [0.15, 0.2) is 54.6 Å². The number of carbonyl (C=O) groups is 1. The van der Waals surface area contributed by atoms with Gasteiger partial charge in [-0.1, -0.05) is 42.5 Å². The lowest BCUT2D eigenvalue weighted by Crippen LogP contribution is -2.31. The molecule has 1 fully saturated rings. The van der Waals surface area contributed by atoms with Gasteiger partial charge in [0, 0.05) is 32.1 Å². The van der Waals surface area contributed by atoms with E-state index in [4.69, 9.17) is 9.97 Å². The molecule has 3 aromatic rings. The number of nitrogens with zero attached hydrogens (tertiary/aromatic N) is 3. The first-order valence-electron chi connectivity index (χ1n) is 8.98. The van der Waals surface area contributed by atoms with Gasteiger partial charge in [0.15, 0.2) is 0 Å². The van der Waals surface area contributed by atoms with Crippen molar-refractivity contribution in [2.24, 2.45) is 0 Å². The lowest BCUT2D eigenvalue weighted by Gasteiger charge is -2.29. The minimum absolute atomic E-state index is 0.0476. The Labute approximate surface area is 153 Å². The zero-order chi connectivity index (χ0) is 17.9. The van der Waals surface area contributed by atoms with E-state index in [1.165, 1.54) is 0 Å². The highest BCUT2D eigenvalue weighted by molar-refractivity contribution is 5.77. The Morgan fingerprint density at radius 2 is 1.73 bits per heavy atom. The maximum absolute atomic E-state index is 12.1. The van der Waals surface area contributed by atoms with Gasteiger partial charge in [-0.2, -0.15) is 0 Å². The summed E-state index contributed by atoms with van der Waals surface area (Å²) in [4.78, 5) is 24.0. The highest BCUT2D eigenvalue weighted by Gasteiger charge is 2.27. The quantitative estimate of drug-likeness (QED) is 0.792. The minimum Gasteiger partial charge on any atom is -0.355 e. The Kier molecular flexibility index (Phi) is 4.63. The fourth-order valence-electron chi connectivity index (χ4n) is 3.53. The number of fused-ring (bicyclic) bond motifs is 1. The lowest BCUT2D eigenvalue weighted by atomic mass is 10.0. The Morgan fingerprint density at radius 3 is 2.50 bits per heavy atom. The van der Waals surface area contributed by atoms with Gasteiger partial charge in [0.2, 0.25) is 5.91 Å². The summed E-state index contributed by atoms with van der Waals surface area (Å²) in [6.07, 6.45) is 0.462. The van der Waals surface area contributed by atoms with Crippen LogP contribution in [0.3, 0.4) is 0 Å². The molecule has 0 radical (unpaired) electrons. The van der Waals surface area contributed by atoms with E-state index in [1.807, 2.05) is 49.4 Å². The van der Waals surface area contributed by atoms with Gasteiger partial charge >= 0.3 is 0 Å². The molecule has 4 rings (SSSR count). The predicted octanol–water partition coefficient (Wildman–Crippen LogP) is 3.00. The van der Waals surface area contributed by atoms with Crippen LogP contribution in [-0.4, -0.2) is 33.9 Å². The van der Waals surface area contributed by atoms with Crippen LogP contribution in [-0.2, 0) is 11.3 Å². The van der Waals surface area contributed by atoms with Crippen LogP contribution in [0.1, 0.15) is 29.4 Å². The summed E-state index contributed by atoms with van der Waals surface area (Å²) in [5.41, 5.74) is 4.91. The van der Waals surface area contributed by atoms with E-state index in [0.717, 1.165) is 34.5 Å². The molecule has 1 amide bonds. The first-order valence-corrected chi connectivity index (χ1v) is 8.98. The van der Waals surface area contributed by atoms with Gasteiger partial charge in [0.05, 0.1) is 22.4 Å². The van der Waals surface area contributed by atoms with E-state index in [0.29, 0.717) is 19.5 Å². The molecule has 1 atom stereocenters. The summed E-state index contributed by atoms with van der Waals surface area (Å²) >= 11 is 0. The highest BCUT2D eigenvalue weighted by atomic mass is 16.1. The molecule has 1 N–H and O–H groups in total. The molecule has 132 valence electrons. The number of rotatable bonds is 3. The first-order chi connectivity index (χ1) is 12.7. The molecule has 26 heavy (non-hydrogen) atoms. The van der Waals surface area contributed by atoms with Crippen molar-refractivity contribution in [3.63, 3.8) is 0 Å². The molecule has 1 unspecified atom stereocenters. The largest absolute Gasteiger partial charge is 0.355 e. The SMILES string of the molecule is Cc1nc2ccccc2nc1CN1CCNC(=O)CC1c1ccccc1. The number of carbonyl (C=O) groups excluding carboxylic acids is 1. The van der Waals surface area contributed by atoms with Gasteiger partial charge in [-0.05, 0) is 24.6 Å². The van der Waals surface area contributed by atoms with E-state index >= 15 is 0 Å². The van der Waals surface area contributed by atoms with E-state index in [2.05, 4.69) is 22.3 Å². The van der Waals surface area contributed by atoms with E-state index in [1.54, 1.807) is 0 Å². The van der Waals surface area contributed by atoms with Crippen molar-refractivity contribution in [1.82, 2.24) is 20.2 Å². The average molecular weight is 346 g/mol. The molecule has 0 aliphatic carbocycles. The molecule has 0 saturated carbocycles. The van der Waals surface area contributed by atoms with E-state index in [9.17, 15) is 4.79 Å². The standard InChI is InChI=1S/C21H22N4O/c1-15-19(24-18-10-6-5-9-17(18)23-15)14-25-12-11-22-21(26)13-20(25)16-7-3-2-4-8-16/h2-10,20H,11-14H2,1H3,(H,22,26). The number of aromatic nitrogens is 2. The molecule has 5 heteroatoms. The van der Waals surface area contributed by atoms with E-state index < -0.39 is 0 Å². The molecule has 1 aliphatic rings. The van der Waals surface area contributed by atoms with Crippen molar-refractivity contribution in [2.75, 3.05) is 13.1 Å². The third-order valence-electron chi connectivity index (χ3n) is 4.92. The van der Waals surface area contributed by atoms with Crippen LogP contribution >= 0.6 is 0 Å². The van der Waals surface area contributed by atoms with Gasteiger partial charge in [-0.15, -0.1) is 0 Å². The Balaban J connectivity index is 1.68. The third kappa shape index (κ3) is 3.44. The van der Waals surface area contributed by atoms with Gasteiger partial charge in [-0.3, -0.25) is 9.69 Å². The summed E-state index contributed by atoms with van der Waals surface area (Å²) in [7, 11) is 0. The third-order valence-corrected chi connectivity index (χ3v) is 4.92. The zero-order valence-corrected chi connectivity index (χ0v) is 14.9. The Bertz CT molecular complexity index is 926. The number of benzene rings is 2. The molecule has 1 saturated heterocycles. The van der Waals surface area contributed by atoms with Crippen molar-refractivity contribution < 1.29 is 4.79 Å². The second-order valence-electron chi connectivity index (χ2n) is 6.70. The van der Waals surface area contributed by atoms with Crippen molar-refractivity contribution in [3.05, 3.63) is 71.5 Å².